The fraction of sp³-hybridized carbons (Fsp3) is 0.211. The standard InChI is InChI=1S/C19H19NO2S2/c1-23-19(21)18(22-13-14-7-3-2-4-8-14)16-11-12-24-17-10-6-5-9-15(17)20-16/h2-10,20H,11-13H2,1H3/b18-16+. The highest BCUT2D eigenvalue weighted by atomic mass is 32.2. The predicted molar refractivity (Wildman–Crippen MR) is 102 cm³/mol. The van der Waals surface area contributed by atoms with E-state index in [1.807, 2.05) is 48.5 Å². The van der Waals surface area contributed by atoms with Crippen LogP contribution in [0.4, 0.5) is 5.69 Å². The minimum absolute atomic E-state index is 0.0437. The zero-order valence-corrected chi connectivity index (χ0v) is 15.1. The van der Waals surface area contributed by atoms with E-state index < -0.39 is 0 Å². The molecule has 0 saturated carbocycles. The summed E-state index contributed by atoms with van der Waals surface area (Å²) in [6, 6.07) is 18.1. The van der Waals surface area contributed by atoms with Crippen LogP contribution in [-0.2, 0) is 16.1 Å². The van der Waals surface area contributed by atoms with Gasteiger partial charge in [0.2, 0.25) is 0 Å². The molecular formula is C19H19NO2S2. The van der Waals surface area contributed by atoms with Crippen molar-refractivity contribution in [1.29, 1.82) is 0 Å². The number of thioether (sulfide) groups is 2. The molecule has 0 bridgehead atoms. The van der Waals surface area contributed by atoms with E-state index in [0.717, 1.165) is 29.1 Å². The molecule has 0 aliphatic carbocycles. The number of hydrogen-bond acceptors (Lipinski definition) is 5. The lowest BCUT2D eigenvalue weighted by Gasteiger charge is -2.15. The Bertz CT molecular complexity index is 744. The minimum atomic E-state index is -0.0437. The molecule has 3 rings (SSSR count). The summed E-state index contributed by atoms with van der Waals surface area (Å²) < 4.78 is 5.93. The maximum Gasteiger partial charge on any atom is 0.255 e. The van der Waals surface area contributed by atoms with E-state index in [-0.39, 0.29) is 5.12 Å². The topological polar surface area (TPSA) is 38.3 Å². The fourth-order valence-electron chi connectivity index (χ4n) is 2.45. The summed E-state index contributed by atoms with van der Waals surface area (Å²) in [5.41, 5.74) is 2.94. The third kappa shape index (κ3) is 4.16. The first-order valence-corrected chi connectivity index (χ1v) is 9.96. The summed E-state index contributed by atoms with van der Waals surface area (Å²) in [6.45, 7) is 0.391. The number of allylic oxidation sites excluding steroid dienone is 1. The lowest BCUT2D eigenvalue weighted by Crippen LogP contribution is -2.12. The average Bonchev–Trinajstić information content (AvgIpc) is 2.85. The van der Waals surface area contributed by atoms with Gasteiger partial charge in [0.05, 0.1) is 11.4 Å². The van der Waals surface area contributed by atoms with Crippen LogP contribution in [0, 0.1) is 0 Å². The van der Waals surface area contributed by atoms with Crippen LogP contribution in [0.3, 0.4) is 0 Å². The smallest absolute Gasteiger partial charge is 0.255 e. The fourth-order valence-corrected chi connectivity index (χ4v) is 3.79. The van der Waals surface area contributed by atoms with Crippen LogP contribution in [-0.4, -0.2) is 17.1 Å². The zero-order chi connectivity index (χ0) is 16.8. The molecule has 0 aromatic heterocycles. The first-order valence-electron chi connectivity index (χ1n) is 7.75. The molecule has 1 aliphatic heterocycles. The highest BCUT2D eigenvalue weighted by molar-refractivity contribution is 8.13. The zero-order valence-electron chi connectivity index (χ0n) is 13.5. The van der Waals surface area contributed by atoms with Gasteiger partial charge in [0.15, 0.2) is 5.76 Å². The summed E-state index contributed by atoms with van der Waals surface area (Å²) in [5, 5.41) is 3.37. The maximum absolute atomic E-state index is 12.4. The molecule has 0 radical (unpaired) electrons. The van der Waals surface area contributed by atoms with E-state index in [1.54, 1.807) is 18.0 Å². The molecule has 24 heavy (non-hydrogen) atoms. The second-order valence-corrected chi connectivity index (χ2v) is 7.21. The van der Waals surface area contributed by atoms with Crippen LogP contribution in [0.1, 0.15) is 12.0 Å². The number of nitrogens with one attached hydrogen (secondary N) is 1. The van der Waals surface area contributed by atoms with Gasteiger partial charge < -0.3 is 10.1 Å². The summed E-state index contributed by atoms with van der Waals surface area (Å²) in [4.78, 5) is 13.6. The van der Waals surface area contributed by atoms with Crippen molar-refractivity contribution < 1.29 is 9.53 Å². The van der Waals surface area contributed by atoms with Crippen molar-refractivity contribution in [2.45, 2.75) is 17.9 Å². The van der Waals surface area contributed by atoms with Crippen molar-refractivity contribution in [3.63, 3.8) is 0 Å². The van der Waals surface area contributed by atoms with Crippen molar-refractivity contribution in [2.75, 3.05) is 17.3 Å². The third-order valence-corrected chi connectivity index (χ3v) is 5.28. The van der Waals surface area contributed by atoms with Gasteiger partial charge in [-0.2, -0.15) is 0 Å². The molecule has 1 heterocycles. The van der Waals surface area contributed by atoms with Crippen molar-refractivity contribution in [2.24, 2.45) is 0 Å². The van der Waals surface area contributed by atoms with Gasteiger partial charge in [-0.1, -0.05) is 54.2 Å². The van der Waals surface area contributed by atoms with Crippen LogP contribution >= 0.6 is 23.5 Å². The number of carbonyl (C=O) groups is 1. The monoisotopic (exact) mass is 357 g/mol. The number of carbonyl (C=O) groups excluding carboxylic acids is 1. The van der Waals surface area contributed by atoms with E-state index in [0.29, 0.717) is 12.4 Å². The summed E-state index contributed by atoms with van der Waals surface area (Å²) in [6.07, 6.45) is 2.56. The second-order valence-electron chi connectivity index (χ2n) is 5.29. The molecule has 1 aliphatic rings. The number of rotatable bonds is 4. The van der Waals surface area contributed by atoms with E-state index in [1.165, 1.54) is 16.7 Å². The lowest BCUT2D eigenvalue weighted by atomic mass is 10.2. The number of ether oxygens (including phenoxy) is 1. The van der Waals surface area contributed by atoms with Crippen LogP contribution in [0.5, 0.6) is 0 Å². The third-order valence-electron chi connectivity index (χ3n) is 3.65. The van der Waals surface area contributed by atoms with Crippen LogP contribution < -0.4 is 5.32 Å². The SMILES string of the molecule is CSC(=O)/C(OCc1ccccc1)=C1/CCSc2ccccc2N1. The molecule has 0 unspecified atom stereocenters. The largest absolute Gasteiger partial charge is 0.482 e. The maximum atomic E-state index is 12.4. The Morgan fingerprint density at radius 3 is 2.71 bits per heavy atom. The van der Waals surface area contributed by atoms with E-state index in [9.17, 15) is 4.79 Å². The average molecular weight is 358 g/mol. The number of anilines is 1. The molecule has 2 aromatic carbocycles. The normalized spacial score (nSPS) is 15.7. The molecule has 124 valence electrons. The molecule has 3 nitrogen and oxygen atoms in total. The Hall–Kier alpha value is -1.85. The summed E-state index contributed by atoms with van der Waals surface area (Å²) in [7, 11) is 0. The molecular weight excluding hydrogens is 338 g/mol. The van der Waals surface area contributed by atoms with Gasteiger partial charge in [0.25, 0.3) is 5.12 Å². The van der Waals surface area contributed by atoms with Crippen LogP contribution in [0.15, 0.2) is 70.9 Å². The Labute approximate surface area is 150 Å². The highest BCUT2D eigenvalue weighted by Crippen LogP contribution is 2.34. The molecule has 2 aromatic rings. The lowest BCUT2D eigenvalue weighted by molar-refractivity contribution is -0.111. The van der Waals surface area contributed by atoms with Gasteiger partial charge >= 0.3 is 0 Å². The second kappa shape index (κ2) is 8.31. The first kappa shape index (κ1) is 17.0. The summed E-state index contributed by atoms with van der Waals surface area (Å²) >= 11 is 2.98. The highest BCUT2D eigenvalue weighted by Gasteiger charge is 2.20. The molecule has 0 amide bonds. The quantitative estimate of drug-likeness (QED) is 0.621. The molecule has 5 heteroatoms. The number of benzene rings is 2. The Kier molecular flexibility index (Phi) is 5.88. The number of fused-ring (bicyclic) bond motifs is 1. The van der Waals surface area contributed by atoms with Crippen LogP contribution in [0.2, 0.25) is 0 Å². The van der Waals surface area contributed by atoms with Gasteiger partial charge in [0, 0.05) is 17.1 Å². The molecule has 1 N–H and O–H groups in total. The van der Waals surface area contributed by atoms with E-state index in [2.05, 4.69) is 11.4 Å². The first-order chi connectivity index (χ1) is 11.8. The number of hydrogen-bond donors (Lipinski definition) is 1. The molecule has 0 saturated heterocycles. The number of para-hydroxylation sites is 1. The minimum Gasteiger partial charge on any atom is -0.482 e. The molecule has 0 atom stereocenters. The van der Waals surface area contributed by atoms with Crippen molar-refractivity contribution in [3.8, 4) is 0 Å². The van der Waals surface area contributed by atoms with Crippen molar-refractivity contribution in [1.82, 2.24) is 0 Å². The van der Waals surface area contributed by atoms with E-state index in [4.69, 9.17) is 4.74 Å². The molecule has 0 spiro atoms. The van der Waals surface area contributed by atoms with Gasteiger partial charge in [-0.05, 0) is 24.0 Å². The van der Waals surface area contributed by atoms with Crippen molar-refractivity contribution >= 4 is 34.3 Å². The van der Waals surface area contributed by atoms with Crippen LogP contribution in [0.25, 0.3) is 0 Å². The summed E-state index contributed by atoms with van der Waals surface area (Å²) in [5.74, 6) is 1.35. The molecule has 0 fully saturated rings. The van der Waals surface area contributed by atoms with E-state index >= 15 is 0 Å². The van der Waals surface area contributed by atoms with Crippen molar-refractivity contribution in [3.05, 3.63) is 71.6 Å². The Morgan fingerprint density at radius 1 is 1.17 bits per heavy atom. The van der Waals surface area contributed by atoms with Gasteiger partial charge in [-0.25, -0.2) is 0 Å². The van der Waals surface area contributed by atoms with Gasteiger partial charge in [-0.3, -0.25) is 4.79 Å². The van der Waals surface area contributed by atoms with Gasteiger partial charge in [-0.15, -0.1) is 11.8 Å². The Morgan fingerprint density at radius 2 is 1.92 bits per heavy atom. The Balaban J connectivity index is 1.86. The van der Waals surface area contributed by atoms with Gasteiger partial charge in [0.1, 0.15) is 6.61 Å². The predicted octanol–water partition coefficient (Wildman–Crippen LogP) is 4.91.